The number of aromatic nitrogens is 3. The van der Waals surface area contributed by atoms with E-state index < -0.39 is 0 Å². The molecule has 0 bridgehead atoms. The molecule has 1 aromatic rings. The summed E-state index contributed by atoms with van der Waals surface area (Å²) in [7, 11) is 0. The summed E-state index contributed by atoms with van der Waals surface area (Å²) in [6, 6.07) is 0.921. The molecule has 2 rings (SSSR count). The fraction of sp³-hybridized carbons (Fsp3) is 0.846. The third-order valence-electron chi connectivity index (χ3n) is 3.42. The summed E-state index contributed by atoms with van der Waals surface area (Å²) in [5, 5.41) is 8.69. The van der Waals surface area contributed by atoms with Crippen molar-refractivity contribution in [2.24, 2.45) is 0 Å². The van der Waals surface area contributed by atoms with Crippen LogP contribution in [0.25, 0.3) is 0 Å². The number of hydrogen-bond donors (Lipinski definition) is 1. The molecule has 2 unspecified atom stereocenters. The lowest BCUT2D eigenvalue weighted by Crippen LogP contribution is -2.39. The third-order valence-corrected chi connectivity index (χ3v) is 4.94. The molecule has 1 fully saturated rings. The monoisotopic (exact) mass is 268 g/mol. The van der Waals surface area contributed by atoms with Crippen molar-refractivity contribution in [3.8, 4) is 0 Å². The molecule has 102 valence electrons. The molecule has 5 heteroatoms. The minimum atomic E-state index is 0.390. The maximum atomic E-state index is 4.43. The molecule has 0 radical (unpaired) electrons. The fourth-order valence-corrected chi connectivity index (χ4v) is 3.96. The van der Waals surface area contributed by atoms with Crippen molar-refractivity contribution in [3.63, 3.8) is 0 Å². The number of rotatable bonds is 6. The third kappa shape index (κ3) is 3.26. The molecular weight excluding hydrogens is 244 g/mol. The Morgan fingerprint density at radius 2 is 2.39 bits per heavy atom. The first-order valence-electron chi connectivity index (χ1n) is 6.95. The highest BCUT2D eigenvalue weighted by Crippen LogP contribution is 2.30. The SMILES string of the molecule is CCNC(Cc1ncnn1C(C)C)C1CCCS1. The van der Waals surface area contributed by atoms with Crippen molar-refractivity contribution >= 4 is 11.8 Å². The summed E-state index contributed by atoms with van der Waals surface area (Å²) in [6.07, 6.45) is 5.36. The predicted molar refractivity (Wildman–Crippen MR) is 77.1 cm³/mol. The van der Waals surface area contributed by atoms with Crippen LogP contribution < -0.4 is 5.32 Å². The van der Waals surface area contributed by atoms with Gasteiger partial charge in [0.25, 0.3) is 0 Å². The Hall–Kier alpha value is -0.550. The maximum absolute atomic E-state index is 4.43. The van der Waals surface area contributed by atoms with Gasteiger partial charge in [0.1, 0.15) is 12.2 Å². The van der Waals surface area contributed by atoms with Gasteiger partial charge in [0.15, 0.2) is 0 Å². The molecule has 1 aromatic heterocycles. The van der Waals surface area contributed by atoms with E-state index in [1.807, 2.05) is 4.68 Å². The van der Waals surface area contributed by atoms with Gasteiger partial charge in [-0.3, -0.25) is 0 Å². The van der Waals surface area contributed by atoms with Gasteiger partial charge in [-0.15, -0.1) is 0 Å². The van der Waals surface area contributed by atoms with Crippen LogP contribution in [-0.2, 0) is 6.42 Å². The number of nitrogens with zero attached hydrogens (tertiary/aromatic N) is 3. The molecule has 2 heterocycles. The largest absolute Gasteiger partial charge is 0.313 e. The highest BCUT2D eigenvalue weighted by Gasteiger charge is 2.26. The van der Waals surface area contributed by atoms with E-state index in [1.165, 1.54) is 18.6 Å². The topological polar surface area (TPSA) is 42.7 Å². The normalized spacial score (nSPS) is 21.7. The van der Waals surface area contributed by atoms with Gasteiger partial charge >= 0.3 is 0 Å². The molecule has 0 amide bonds. The number of hydrogen-bond acceptors (Lipinski definition) is 4. The molecule has 1 saturated heterocycles. The zero-order valence-corrected chi connectivity index (χ0v) is 12.4. The Morgan fingerprint density at radius 3 is 3.00 bits per heavy atom. The Morgan fingerprint density at radius 1 is 1.56 bits per heavy atom. The standard InChI is InChI=1S/C13H24N4S/c1-4-14-11(12-6-5-7-18-12)8-13-15-9-16-17(13)10(2)3/h9-12,14H,4-8H2,1-3H3. The quantitative estimate of drug-likeness (QED) is 0.859. The van der Waals surface area contributed by atoms with Crippen LogP contribution in [0.1, 0.15) is 45.5 Å². The van der Waals surface area contributed by atoms with Crippen LogP contribution in [0.4, 0.5) is 0 Å². The first kappa shape index (κ1) is 13.9. The van der Waals surface area contributed by atoms with Gasteiger partial charge in [-0.1, -0.05) is 6.92 Å². The van der Waals surface area contributed by atoms with Gasteiger partial charge in [0, 0.05) is 23.8 Å². The van der Waals surface area contributed by atoms with Gasteiger partial charge < -0.3 is 5.32 Å². The van der Waals surface area contributed by atoms with Gasteiger partial charge in [-0.2, -0.15) is 16.9 Å². The summed E-state index contributed by atoms with van der Waals surface area (Å²) in [5.74, 6) is 2.42. The molecule has 0 saturated carbocycles. The van der Waals surface area contributed by atoms with E-state index >= 15 is 0 Å². The molecule has 2 atom stereocenters. The molecule has 1 N–H and O–H groups in total. The van der Waals surface area contributed by atoms with E-state index in [-0.39, 0.29) is 0 Å². The van der Waals surface area contributed by atoms with E-state index in [2.05, 4.69) is 47.9 Å². The van der Waals surface area contributed by atoms with Crippen molar-refractivity contribution < 1.29 is 0 Å². The average molecular weight is 268 g/mol. The second kappa shape index (κ2) is 6.57. The first-order valence-corrected chi connectivity index (χ1v) is 8.00. The second-order valence-corrected chi connectivity index (χ2v) is 6.48. The fourth-order valence-electron chi connectivity index (χ4n) is 2.57. The van der Waals surface area contributed by atoms with Gasteiger partial charge in [0.2, 0.25) is 0 Å². The van der Waals surface area contributed by atoms with Crippen molar-refractivity contribution in [1.82, 2.24) is 20.1 Å². The van der Waals surface area contributed by atoms with Gasteiger partial charge in [-0.25, -0.2) is 9.67 Å². The Kier molecular flexibility index (Phi) is 5.06. The smallest absolute Gasteiger partial charge is 0.138 e. The van der Waals surface area contributed by atoms with Crippen molar-refractivity contribution in [2.75, 3.05) is 12.3 Å². The summed E-state index contributed by atoms with van der Waals surface area (Å²) in [5.41, 5.74) is 0. The zero-order chi connectivity index (χ0) is 13.0. The highest BCUT2D eigenvalue weighted by molar-refractivity contribution is 8.00. The van der Waals surface area contributed by atoms with E-state index in [9.17, 15) is 0 Å². The van der Waals surface area contributed by atoms with Crippen LogP contribution in [0, 0.1) is 0 Å². The van der Waals surface area contributed by atoms with Crippen molar-refractivity contribution in [1.29, 1.82) is 0 Å². The van der Waals surface area contributed by atoms with Crippen LogP contribution in [0.2, 0.25) is 0 Å². The minimum absolute atomic E-state index is 0.390. The summed E-state index contributed by atoms with van der Waals surface area (Å²) >= 11 is 2.11. The zero-order valence-electron chi connectivity index (χ0n) is 11.6. The summed E-state index contributed by atoms with van der Waals surface area (Å²) in [4.78, 5) is 4.43. The summed E-state index contributed by atoms with van der Waals surface area (Å²) in [6.45, 7) is 7.52. The van der Waals surface area contributed by atoms with Gasteiger partial charge in [-0.05, 0) is 39.0 Å². The molecule has 1 aliphatic rings. The van der Waals surface area contributed by atoms with Crippen LogP contribution in [-0.4, -0.2) is 38.4 Å². The lowest BCUT2D eigenvalue weighted by Gasteiger charge is -2.24. The minimum Gasteiger partial charge on any atom is -0.313 e. The average Bonchev–Trinajstić information content (AvgIpc) is 2.99. The first-order chi connectivity index (χ1) is 8.72. The molecular formula is C13H24N4S. The Labute approximate surface area is 114 Å². The molecule has 18 heavy (non-hydrogen) atoms. The predicted octanol–water partition coefficient (Wildman–Crippen LogP) is 2.28. The second-order valence-electron chi connectivity index (χ2n) is 5.13. The lowest BCUT2D eigenvalue weighted by atomic mass is 10.1. The van der Waals surface area contributed by atoms with Crippen molar-refractivity contribution in [2.45, 2.75) is 57.4 Å². The summed E-state index contributed by atoms with van der Waals surface area (Å²) < 4.78 is 2.05. The molecule has 1 aliphatic heterocycles. The van der Waals surface area contributed by atoms with Crippen LogP contribution in [0.15, 0.2) is 6.33 Å². The Bertz CT molecular complexity index is 358. The number of thioether (sulfide) groups is 1. The maximum Gasteiger partial charge on any atom is 0.138 e. The van der Waals surface area contributed by atoms with E-state index in [1.54, 1.807) is 6.33 Å². The van der Waals surface area contributed by atoms with E-state index in [4.69, 9.17) is 0 Å². The number of nitrogens with one attached hydrogen (secondary N) is 1. The molecule has 0 spiro atoms. The molecule has 4 nitrogen and oxygen atoms in total. The van der Waals surface area contributed by atoms with E-state index in [0.717, 1.165) is 24.0 Å². The number of likely N-dealkylation sites (N-methyl/N-ethyl adjacent to an activating group) is 1. The van der Waals surface area contributed by atoms with Crippen LogP contribution in [0.5, 0.6) is 0 Å². The van der Waals surface area contributed by atoms with Gasteiger partial charge in [0.05, 0.1) is 0 Å². The Balaban J connectivity index is 2.05. The van der Waals surface area contributed by atoms with Crippen molar-refractivity contribution in [3.05, 3.63) is 12.2 Å². The molecule has 0 aromatic carbocycles. The highest BCUT2D eigenvalue weighted by atomic mass is 32.2. The lowest BCUT2D eigenvalue weighted by molar-refractivity contribution is 0.448. The van der Waals surface area contributed by atoms with Crippen LogP contribution in [0.3, 0.4) is 0 Å². The molecule has 0 aliphatic carbocycles. The van der Waals surface area contributed by atoms with E-state index in [0.29, 0.717) is 12.1 Å². The van der Waals surface area contributed by atoms with Crippen LogP contribution >= 0.6 is 11.8 Å².